The first-order chi connectivity index (χ1) is 9.97. The van der Waals surface area contributed by atoms with Crippen molar-refractivity contribution in [3.05, 3.63) is 33.4 Å². The van der Waals surface area contributed by atoms with E-state index < -0.39 is 5.97 Å². The van der Waals surface area contributed by atoms with E-state index in [1.165, 1.54) is 4.52 Å². The molecule has 2 rings (SSSR count). The molecule has 0 bridgehead atoms. The number of nitrogens with zero attached hydrogens (tertiary/aromatic N) is 2. The molecule has 0 aliphatic heterocycles. The molecule has 6 heteroatoms. The average molecular weight is 291 g/mol. The molecule has 0 unspecified atom stereocenters. The molecule has 0 atom stereocenters. The SMILES string of the molecule is CCC(CC)c1cc2nc(C)c(CCC(=O)O)c(=O)n2[nH]1. The van der Waals surface area contributed by atoms with Crippen molar-refractivity contribution in [2.75, 3.05) is 0 Å². The number of rotatable bonds is 6. The number of aryl methyl sites for hydroxylation is 1. The Hall–Kier alpha value is -2.11. The van der Waals surface area contributed by atoms with Crippen LogP contribution >= 0.6 is 0 Å². The highest BCUT2D eigenvalue weighted by Gasteiger charge is 2.16. The van der Waals surface area contributed by atoms with Crippen LogP contribution in [-0.2, 0) is 11.2 Å². The minimum absolute atomic E-state index is 0.0655. The van der Waals surface area contributed by atoms with Crippen LogP contribution in [0.4, 0.5) is 0 Å². The summed E-state index contributed by atoms with van der Waals surface area (Å²) in [4.78, 5) is 27.6. The molecule has 0 aliphatic rings. The van der Waals surface area contributed by atoms with Crippen molar-refractivity contribution in [3.63, 3.8) is 0 Å². The number of aromatic amines is 1. The third kappa shape index (κ3) is 2.99. The van der Waals surface area contributed by atoms with Gasteiger partial charge in [0.2, 0.25) is 0 Å². The van der Waals surface area contributed by atoms with Crippen LogP contribution in [0.15, 0.2) is 10.9 Å². The molecule has 0 spiro atoms. The third-order valence-corrected chi connectivity index (χ3v) is 3.95. The van der Waals surface area contributed by atoms with Crippen molar-refractivity contribution < 1.29 is 9.90 Å². The van der Waals surface area contributed by atoms with E-state index in [9.17, 15) is 9.59 Å². The quantitative estimate of drug-likeness (QED) is 0.854. The van der Waals surface area contributed by atoms with Gasteiger partial charge in [-0.05, 0) is 26.2 Å². The number of carboxylic acids is 1. The Morgan fingerprint density at radius 2 is 2.10 bits per heavy atom. The third-order valence-electron chi connectivity index (χ3n) is 3.95. The Kier molecular flexibility index (Phi) is 4.45. The van der Waals surface area contributed by atoms with Crippen molar-refractivity contribution in [3.8, 4) is 0 Å². The Morgan fingerprint density at radius 3 is 2.67 bits per heavy atom. The minimum atomic E-state index is -0.914. The number of H-pyrrole nitrogens is 1. The summed E-state index contributed by atoms with van der Waals surface area (Å²) < 4.78 is 1.43. The number of nitrogens with one attached hydrogen (secondary N) is 1. The normalized spacial score (nSPS) is 11.4. The highest BCUT2D eigenvalue weighted by atomic mass is 16.4. The fraction of sp³-hybridized carbons (Fsp3) is 0.533. The van der Waals surface area contributed by atoms with Crippen LogP contribution in [0.5, 0.6) is 0 Å². The van der Waals surface area contributed by atoms with Gasteiger partial charge in [0.05, 0.1) is 0 Å². The van der Waals surface area contributed by atoms with Gasteiger partial charge in [-0.3, -0.25) is 14.7 Å². The molecule has 0 saturated heterocycles. The molecular formula is C15H21N3O3. The van der Waals surface area contributed by atoms with E-state index in [0.717, 1.165) is 18.5 Å². The first-order valence-electron chi connectivity index (χ1n) is 7.30. The summed E-state index contributed by atoms with van der Waals surface area (Å²) in [5.74, 6) is -0.544. The maximum atomic E-state index is 12.5. The van der Waals surface area contributed by atoms with Gasteiger partial charge in [0.1, 0.15) is 0 Å². The summed E-state index contributed by atoms with van der Waals surface area (Å²) >= 11 is 0. The lowest BCUT2D eigenvalue weighted by molar-refractivity contribution is -0.136. The molecule has 2 heterocycles. The Morgan fingerprint density at radius 1 is 1.43 bits per heavy atom. The average Bonchev–Trinajstić information content (AvgIpc) is 2.83. The lowest BCUT2D eigenvalue weighted by Gasteiger charge is -2.08. The van der Waals surface area contributed by atoms with E-state index in [0.29, 0.717) is 22.8 Å². The summed E-state index contributed by atoms with van der Waals surface area (Å²) in [5.41, 5.74) is 2.47. The van der Waals surface area contributed by atoms with Gasteiger partial charge in [0.15, 0.2) is 5.65 Å². The van der Waals surface area contributed by atoms with Crippen molar-refractivity contribution in [2.45, 2.75) is 52.4 Å². The number of hydrogen-bond acceptors (Lipinski definition) is 3. The highest BCUT2D eigenvalue weighted by molar-refractivity contribution is 5.67. The summed E-state index contributed by atoms with van der Waals surface area (Å²) in [6.45, 7) is 5.97. The monoisotopic (exact) mass is 291 g/mol. The Bertz CT molecular complexity index is 711. The zero-order valence-electron chi connectivity index (χ0n) is 12.6. The molecule has 0 saturated carbocycles. The van der Waals surface area contributed by atoms with E-state index in [-0.39, 0.29) is 18.4 Å². The largest absolute Gasteiger partial charge is 0.481 e. The predicted octanol–water partition coefficient (Wildman–Crippen LogP) is 2.25. The van der Waals surface area contributed by atoms with Crippen LogP contribution in [0, 0.1) is 6.92 Å². The molecule has 0 radical (unpaired) electrons. The summed E-state index contributed by atoms with van der Waals surface area (Å²) in [5, 5.41) is 11.9. The van der Waals surface area contributed by atoms with Crippen LogP contribution in [0.25, 0.3) is 5.65 Å². The second-order valence-electron chi connectivity index (χ2n) is 5.29. The number of fused-ring (bicyclic) bond motifs is 1. The molecule has 2 N–H and O–H groups in total. The van der Waals surface area contributed by atoms with Gasteiger partial charge in [-0.1, -0.05) is 13.8 Å². The summed E-state index contributed by atoms with van der Waals surface area (Å²) in [6.07, 6.45) is 2.12. The number of carbonyl (C=O) groups is 1. The van der Waals surface area contributed by atoms with Crippen LogP contribution in [-0.4, -0.2) is 25.7 Å². The van der Waals surface area contributed by atoms with E-state index in [2.05, 4.69) is 23.9 Å². The topological polar surface area (TPSA) is 87.5 Å². The predicted molar refractivity (Wildman–Crippen MR) is 79.8 cm³/mol. The maximum Gasteiger partial charge on any atom is 0.303 e. The first kappa shape index (κ1) is 15.3. The van der Waals surface area contributed by atoms with Gasteiger partial charge in [-0.15, -0.1) is 0 Å². The standard InChI is InChI=1S/C15H21N3O3/c1-4-10(5-2)12-8-13-16-9(3)11(6-7-14(19)20)15(21)18(13)17-12/h8,10,17H,4-7H2,1-3H3,(H,19,20). The van der Waals surface area contributed by atoms with Crippen molar-refractivity contribution in [2.24, 2.45) is 0 Å². The molecule has 0 aliphatic carbocycles. The van der Waals surface area contributed by atoms with Gasteiger partial charge in [0, 0.05) is 35.4 Å². The first-order valence-corrected chi connectivity index (χ1v) is 7.30. The van der Waals surface area contributed by atoms with E-state index in [1.54, 1.807) is 6.92 Å². The van der Waals surface area contributed by atoms with Crippen LogP contribution in [0.1, 0.15) is 56.0 Å². The van der Waals surface area contributed by atoms with Crippen molar-refractivity contribution in [1.29, 1.82) is 0 Å². The Balaban J connectivity index is 2.50. The fourth-order valence-electron chi connectivity index (χ4n) is 2.65. The lowest BCUT2D eigenvalue weighted by Crippen LogP contribution is -2.22. The number of hydrogen-bond donors (Lipinski definition) is 2. The van der Waals surface area contributed by atoms with Gasteiger partial charge in [-0.25, -0.2) is 9.50 Å². The van der Waals surface area contributed by atoms with Crippen LogP contribution < -0.4 is 5.56 Å². The van der Waals surface area contributed by atoms with E-state index in [1.807, 2.05) is 6.07 Å². The van der Waals surface area contributed by atoms with Gasteiger partial charge in [-0.2, -0.15) is 0 Å². The summed E-state index contributed by atoms with van der Waals surface area (Å²) in [7, 11) is 0. The van der Waals surface area contributed by atoms with Gasteiger partial charge < -0.3 is 5.11 Å². The second kappa shape index (κ2) is 6.11. The van der Waals surface area contributed by atoms with Gasteiger partial charge in [0.25, 0.3) is 5.56 Å². The lowest BCUT2D eigenvalue weighted by atomic mass is 10.00. The maximum absolute atomic E-state index is 12.5. The molecular weight excluding hydrogens is 270 g/mol. The minimum Gasteiger partial charge on any atom is -0.481 e. The smallest absolute Gasteiger partial charge is 0.303 e. The Labute approximate surface area is 122 Å². The number of carboxylic acid groups (broad SMARTS) is 1. The highest BCUT2D eigenvalue weighted by Crippen LogP contribution is 2.22. The zero-order valence-corrected chi connectivity index (χ0v) is 12.6. The molecule has 6 nitrogen and oxygen atoms in total. The van der Waals surface area contributed by atoms with Gasteiger partial charge >= 0.3 is 5.97 Å². The number of aliphatic carboxylic acids is 1. The van der Waals surface area contributed by atoms with Crippen molar-refractivity contribution >= 4 is 11.6 Å². The second-order valence-corrected chi connectivity index (χ2v) is 5.29. The molecule has 0 aromatic carbocycles. The molecule has 21 heavy (non-hydrogen) atoms. The van der Waals surface area contributed by atoms with Crippen molar-refractivity contribution in [1.82, 2.24) is 14.6 Å². The molecule has 2 aromatic rings. The van der Waals surface area contributed by atoms with E-state index in [4.69, 9.17) is 5.11 Å². The van der Waals surface area contributed by atoms with E-state index >= 15 is 0 Å². The fourth-order valence-corrected chi connectivity index (χ4v) is 2.65. The molecule has 2 aromatic heterocycles. The zero-order chi connectivity index (χ0) is 15.6. The van der Waals surface area contributed by atoms with Crippen LogP contribution in [0.3, 0.4) is 0 Å². The molecule has 0 fully saturated rings. The number of aromatic nitrogens is 3. The molecule has 0 amide bonds. The van der Waals surface area contributed by atoms with Crippen LogP contribution in [0.2, 0.25) is 0 Å². The molecule has 114 valence electrons. The summed E-state index contributed by atoms with van der Waals surface area (Å²) in [6, 6.07) is 1.91.